The van der Waals surface area contributed by atoms with Crippen LogP contribution in [0.5, 0.6) is 0 Å². The molecule has 1 amide bonds. The van der Waals surface area contributed by atoms with Gasteiger partial charge in [-0.3, -0.25) is 9.48 Å². The average Bonchev–Trinajstić information content (AvgIpc) is 3.00. The van der Waals surface area contributed by atoms with Crippen molar-refractivity contribution in [3.63, 3.8) is 0 Å². The summed E-state index contributed by atoms with van der Waals surface area (Å²) < 4.78 is 6.78. The molecular weight excluding hydrogens is 262 g/mol. The molecule has 1 aromatic rings. The zero-order chi connectivity index (χ0) is 14.9. The number of aromatic nitrogens is 2. The summed E-state index contributed by atoms with van der Waals surface area (Å²) in [4.78, 5) is 25.2. The summed E-state index contributed by atoms with van der Waals surface area (Å²) >= 11 is 0. The van der Waals surface area contributed by atoms with Crippen LogP contribution >= 0.6 is 0 Å². The van der Waals surface area contributed by atoms with Crippen molar-refractivity contribution in [2.45, 2.75) is 39.0 Å². The van der Waals surface area contributed by atoms with Crippen molar-refractivity contribution in [3.05, 3.63) is 17.5 Å². The number of hydrogen-bond acceptors (Lipinski definition) is 4. The molecule has 2 unspecified atom stereocenters. The summed E-state index contributed by atoms with van der Waals surface area (Å²) in [5, 5.41) is 13.5. The number of aryl methyl sites for hydroxylation is 2. The Kier molecular flexibility index (Phi) is 4.08. The second-order valence-corrected chi connectivity index (χ2v) is 4.89. The number of carboxylic acids is 1. The van der Waals surface area contributed by atoms with E-state index in [-0.39, 0.29) is 12.0 Å². The van der Waals surface area contributed by atoms with Gasteiger partial charge in [0.1, 0.15) is 11.7 Å². The molecule has 0 radical (unpaired) electrons. The second kappa shape index (κ2) is 5.62. The van der Waals surface area contributed by atoms with Gasteiger partial charge in [-0.1, -0.05) is 0 Å². The number of carboxylic acid groups (broad SMARTS) is 1. The fourth-order valence-corrected chi connectivity index (χ4v) is 2.53. The van der Waals surface area contributed by atoms with Gasteiger partial charge in [0.05, 0.1) is 11.8 Å². The van der Waals surface area contributed by atoms with Crippen molar-refractivity contribution in [2.24, 2.45) is 0 Å². The van der Waals surface area contributed by atoms with Gasteiger partial charge in [0, 0.05) is 26.6 Å². The summed E-state index contributed by atoms with van der Waals surface area (Å²) in [6.07, 6.45) is 0.0794. The quantitative estimate of drug-likeness (QED) is 0.870. The van der Waals surface area contributed by atoms with E-state index < -0.39 is 12.0 Å². The highest BCUT2D eigenvalue weighted by molar-refractivity contribution is 5.95. The Morgan fingerprint density at radius 2 is 2.25 bits per heavy atom. The molecule has 110 valence electrons. The lowest BCUT2D eigenvalue weighted by Gasteiger charge is -2.21. The lowest BCUT2D eigenvalue weighted by molar-refractivity contribution is -0.141. The Morgan fingerprint density at radius 1 is 1.55 bits per heavy atom. The standard InChI is InChI=1S/C13H19N3O4/c1-4-16-10(5-8(2)14-16)12(17)15-7-9(20-3)6-11(15)13(18)19/h5,9,11H,4,6-7H2,1-3H3,(H,18,19). The van der Waals surface area contributed by atoms with Crippen LogP contribution in [0.25, 0.3) is 0 Å². The third kappa shape index (κ3) is 2.53. The van der Waals surface area contributed by atoms with Crippen LogP contribution in [0.15, 0.2) is 6.07 Å². The molecule has 0 aliphatic carbocycles. The van der Waals surface area contributed by atoms with Crippen LogP contribution in [0.2, 0.25) is 0 Å². The van der Waals surface area contributed by atoms with Gasteiger partial charge in [-0.05, 0) is 19.9 Å². The highest BCUT2D eigenvalue weighted by atomic mass is 16.5. The Morgan fingerprint density at radius 3 is 2.80 bits per heavy atom. The van der Waals surface area contributed by atoms with E-state index >= 15 is 0 Å². The second-order valence-electron chi connectivity index (χ2n) is 4.89. The van der Waals surface area contributed by atoms with E-state index in [4.69, 9.17) is 4.74 Å². The molecule has 2 atom stereocenters. The number of aliphatic carboxylic acids is 1. The fourth-order valence-electron chi connectivity index (χ4n) is 2.53. The molecule has 0 spiro atoms. The van der Waals surface area contributed by atoms with E-state index in [1.54, 1.807) is 17.7 Å². The maximum absolute atomic E-state index is 12.6. The van der Waals surface area contributed by atoms with Crippen molar-refractivity contribution in [1.29, 1.82) is 0 Å². The SMILES string of the molecule is CCn1nc(C)cc1C(=O)N1CC(OC)CC1C(=O)O. The topological polar surface area (TPSA) is 84.7 Å². The van der Waals surface area contributed by atoms with Crippen molar-refractivity contribution in [2.75, 3.05) is 13.7 Å². The van der Waals surface area contributed by atoms with Gasteiger partial charge < -0.3 is 14.7 Å². The van der Waals surface area contributed by atoms with E-state index in [0.29, 0.717) is 25.2 Å². The van der Waals surface area contributed by atoms with E-state index in [2.05, 4.69) is 5.10 Å². The predicted octanol–water partition coefficient (Wildman–Crippen LogP) is 0.526. The molecule has 0 saturated carbocycles. The van der Waals surface area contributed by atoms with Crippen LogP contribution in [-0.4, -0.2) is 57.5 Å². The van der Waals surface area contributed by atoms with Crippen molar-refractivity contribution in [1.82, 2.24) is 14.7 Å². The van der Waals surface area contributed by atoms with E-state index in [1.807, 2.05) is 6.92 Å². The maximum Gasteiger partial charge on any atom is 0.326 e. The lowest BCUT2D eigenvalue weighted by Crippen LogP contribution is -2.41. The zero-order valence-corrected chi connectivity index (χ0v) is 11.9. The fraction of sp³-hybridized carbons (Fsp3) is 0.615. The molecule has 0 bridgehead atoms. The summed E-state index contributed by atoms with van der Waals surface area (Å²) in [6.45, 7) is 4.55. The van der Waals surface area contributed by atoms with Crippen LogP contribution in [-0.2, 0) is 16.1 Å². The minimum atomic E-state index is -1.00. The molecule has 1 aromatic heterocycles. The summed E-state index contributed by atoms with van der Waals surface area (Å²) in [5.74, 6) is -1.31. The minimum Gasteiger partial charge on any atom is -0.480 e. The number of likely N-dealkylation sites (tertiary alicyclic amines) is 1. The first-order chi connectivity index (χ1) is 9.47. The molecule has 1 fully saturated rings. The number of nitrogens with zero attached hydrogens (tertiary/aromatic N) is 3. The molecule has 1 aliphatic heterocycles. The minimum absolute atomic E-state index is 0.237. The van der Waals surface area contributed by atoms with Gasteiger partial charge >= 0.3 is 5.97 Å². The zero-order valence-electron chi connectivity index (χ0n) is 11.9. The molecule has 2 rings (SSSR count). The van der Waals surface area contributed by atoms with Crippen LogP contribution in [0.1, 0.15) is 29.5 Å². The van der Waals surface area contributed by atoms with Crippen LogP contribution < -0.4 is 0 Å². The van der Waals surface area contributed by atoms with E-state index in [0.717, 1.165) is 5.69 Å². The van der Waals surface area contributed by atoms with Gasteiger partial charge in [0.2, 0.25) is 0 Å². The Hall–Kier alpha value is -1.89. The Bertz CT molecular complexity index is 526. The normalized spacial score (nSPS) is 22.2. The first kappa shape index (κ1) is 14.5. The molecule has 0 aromatic carbocycles. The average molecular weight is 281 g/mol. The van der Waals surface area contributed by atoms with Crippen molar-refractivity contribution in [3.8, 4) is 0 Å². The third-order valence-corrected chi connectivity index (χ3v) is 3.56. The highest BCUT2D eigenvalue weighted by Gasteiger charge is 2.40. The van der Waals surface area contributed by atoms with Gasteiger partial charge in [0.25, 0.3) is 5.91 Å². The monoisotopic (exact) mass is 281 g/mol. The number of ether oxygens (including phenoxy) is 1. The van der Waals surface area contributed by atoms with Crippen LogP contribution in [0.3, 0.4) is 0 Å². The number of carbonyl (C=O) groups excluding carboxylic acids is 1. The van der Waals surface area contributed by atoms with Gasteiger partial charge in [-0.15, -0.1) is 0 Å². The molecule has 7 nitrogen and oxygen atoms in total. The predicted molar refractivity (Wildman–Crippen MR) is 70.5 cm³/mol. The molecule has 1 N–H and O–H groups in total. The lowest BCUT2D eigenvalue weighted by atomic mass is 10.2. The number of carbonyl (C=O) groups is 2. The highest BCUT2D eigenvalue weighted by Crippen LogP contribution is 2.23. The summed E-state index contributed by atoms with van der Waals surface area (Å²) in [7, 11) is 1.53. The van der Waals surface area contributed by atoms with Gasteiger partial charge in [-0.25, -0.2) is 4.79 Å². The number of rotatable bonds is 4. The molecule has 7 heteroatoms. The first-order valence-corrected chi connectivity index (χ1v) is 6.59. The van der Waals surface area contributed by atoms with Crippen molar-refractivity contribution < 1.29 is 19.4 Å². The Labute approximate surface area is 117 Å². The molecule has 20 heavy (non-hydrogen) atoms. The van der Waals surface area contributed by atoms with E-state index in [9.17, 15) is 14.7 Å². The molecular formula is C13H19N3O4. The van der Waals surface area contributed by atoms with Gasteiger partial charge in [-0.2, -0.15) is 5.10 Å². The number of methoxy groups -OCH3 is 1. The maximum atomic E-state index is 12.6. The van der Waals surface area contributed by atoms with E-state index in [1.165, 1.54) is 12.0 Å². The smallest absolute Gasteiger partial charge is 0.326 e. The number of amides is 1. The molecule has 1 saturated heterocycles. The molecule has 2 heterocycles. The number of hydrogen-bond donors (Lipinski definition) is 1. The van der Waals surface area contributed by atoms with Crippen LogP contribution in [0.4, 0.5) is 0 Å². The Balaban J connectivity index is 2.28. The third-order valence-electron chi connectivity index (χ3n) is 3.56. The van der Waals surface area contributed by atoms with Crippen molar-refractivity contribution >= 4 is 11.9 Å². The first-order valence-electron chi connectivity index (χ1n) is 6.59. The summed E-state index contributed by atoms with van der Waals surface area (Å²) in [6, 6.07) is 0.846. The summed E-state index contributed by atoms with van der Waals surface area (Å²) in [5.41, 5.74) is 1.16. The van der Waals surface area contributed by atoms with Gasteiger partial charge in [0.15, 0.2) is 0 Å². The van der Waals surface area contributed by atoms with Crippen LogP contribution in [0, 0.1) is 6.92 Å². The molecule has 1 aliphatic rings. The largest absolute Gasteiger partial charge is 0.480 e.